The summed E-state index contributed by atoms with van der Waals surface area (Å²) in [6, 6.07) is -0.676. The maximum Gasteiger partial charge on any atom is 1.00 e. The quantitative estimate of drug-likeness (QED) is 0.267. The number of hydrogen-bond donors (Lipinski definition) is 1. The monoisotopic (exact) mass is 409 g/mol. The molecule has 27 heavy (non-hydrogen) atoms. The van der Waals surface area contributed by atoms with Gasteiger partial charge in [-0.1, -0.05) is 0 Å². The second kappa shape index (κ2) is 8.67. The molecule has 2 saturated heterocycles. The molecule has 3 amide bonds. The standard InChI is InChI=1S/C13H17N5O7S.Na/c19-10(8-16-5-1-4-15-16)6-14-12(20)11-3-2-9-7-17(11)13(21)18(9)25-26(22,23)24;/h1,4-5,9,11H,2-3,6-8H2,(H,14,20)(H,22,23,24);/q;+1/p-1/t9-,11+;/m1./s1. The number of hydroxylamine groups is 2. The zero-order chi connectivity index (χ0) is 18.9. The van der Waals surface area contributed by atoms with Crippen LogP contribution in [0.1, 0.15) is 12.8 Å². The van der Waals surface area contributed by atoms with Crippen LogP contribution in [0.3, 0.4) is 0 Å². The van der Waals surface area contributed by atoms with E-state index in [-0.39, 0.29) is 67.8 Å². The number of ketones is 1. The molecule has 0 unspecified atom stereocenters. The fourth-order valence-electron chi connectivity index (χ4n) is 3.04. The maximum absolute atomic E-state index is 12.3. The van der Waals surface area contributed by atoms with E-state index in [0.29, 0.717) is 5.06 Å². The Morgan fingerprint density at radius 2 is 2.11 bits per heavy atom. The number of Topliss-reactive ketones (excluding diaryl/α,β-unsaturated/α-hetero) is 1. The SMILES string of the molecule is O=C(CNC(=O)[C@@H]1CC[C@@H]2CN1C(=O)N2OS(=O)(=O)[O-])Cn1cccn1.[Na+]. The van der Waals surface area contributed by atoms with Gasteiger partial charge in [-0.25, -0.2) is 13.2 Å². The van der Waals surface area contributed by atoms with E-state index in [2.05, 4.69) is 14.7 Å². The molecular weight excluding hydrogens is 393 g/mol. The molecule has 0 radical (unpaired) electrons. The molecule has 3 rings (SSSR count). The van der Waals surface area contributed by atoms with Crippen molar-refractivity contribution in [2.75, 3.05) is 13.1 Å². The molecule has 2 atom stereocenters. The third-order valence-electron chi connectivity index (χ3n) is 4.15. The van der Waals surface area contributed by atoms with Crippen molar-refractivity contribution in [2.24, 2.45) is 0 Å². The molecule has 2 aliphatic rings. The Bertz CT molecular complexity index is 815. The summed E-state index contributed by atoms with van der Waals surface area (Å²) in [6.45, 7) is -0.158. The zero-order valence-electron chi connectivity index (χ0n) is 14.5. The number of aromatic nitrogens is 2. The first-order valence-electron chi connectivity index (χ1n) is 7.76. The molecule has 1 aromatic rings. The van der Waals surface area contributed by atoms with Gasteiger partial charge in [-0.05, 0) is 18.9 Å². The molecule has 0 saturated carbocycles. The molecule has 1 N–H and O–H groups in total. The van der Waals surface area contributed by atoms with Crippen molar-refractivity contribution in [1.29, 1.82) is 0 Å². The number of fused-ring (bicyclic) bond motifs is 2. The van der Waals surface area contributed by atoms with Crippen molar-refractivity contribution < 1.29 is 61.2 Å². The van der Waals surface area contributed by atoms with Crippen LogP contribution in [0.15, 0.2) is 18.5 Å². The van der Waals surface area contributed by atoms with Crippen LogP contribution in [-0.4, -0.2) is 75.6 Å². The average Bonchev–Trinajstić information content (AvgIpc) is 3.15. The van der Waals surface area contributed by atoms with Crippen LogP contribution < -0.4 is 34.9 Å². The fraction of sp³-hybridized carbons (Fsp3) is 0.538. The summed E-state index contributed by atoms with van der Waals surface area (Å²) < 4.78 is 37.8. The number of piperidine rings is 1. The van der Waals surface area contributed by atoms with Crippen LogP contribution in [0.25, 0.3) is 0 Å². The Labute approximate surface area is 177 Å². The number of carbonyl (C=O) groups is 3. The Morgan fingerprint density at radius 1 is 1.37 bits per heavy atom. The number of nitrogens with one attached hydrogen (secondary N) is 1. The van der Waals surface area contributed by atoms with Crippen LogP contribution in [-0.2, 0) is 30.8 Å². The molecule has 0 aromatic carbocycles. The van der Waals surface area contributed by atoms with Crippen molar-refractivity contribution in [3.63, 3.8) is 0 Å². The largest absolute Gasteiger partial charge is 1.00 e. The van der Waals surface area contributed by atoms with Crippen LogP contribution >= 0.6 is 0 Å². The number of amides is 3. The summed E-state index contributed by atoms with van der Waals surface area (Å²) in [7, 11) is -5.09. The van der Waals surface area contributed by atoms with E-state index in [1.807, 2.05) is 0 Å². The van der Waals surface area contributed by atoms with Crippen LogP contribution in [0.5, 0.6) is 0 Å². The van der Waals surface area contributed by atoms with E-state index >= 15 is 0 Å². The third-order valence-corrected chi connectivity index (χ3v) is 4.50. The number of urea groups is 1. The molecule has 142 valence electrons. The minimum absolute atomic E-state index is 0. The van der Waals surface area contributed by atoms with E-state index in [9.17, 15) is 27.4 Å². The Kier molecular flexibility index (Phi) is 6.99. The zero-order valence-corrected chi connectivity index (χ0v) is 17.3. The topological polar surface area (TPSA) is 154 Å². The van der Waals surface area contributed by atoms with E-state index in [1.54, 1.807) is 12.3 Å². The van der Waals surface area contributed by atoms with Crippen molar-refractivity contribution in [2.45, 2.75) is 31.5 Å². The smallest absolute Gasteiger partial charge is 0.724 e. The molecule has 3 heterocycles. The molecule has 0 spiro atoms. The van der Waals surface area contributed by atoms with Gasteiger partial charge in [0.05, 0.1) is 12.6 Å². The van der Waals surface area contributed by atoms with Gasteiger partial charge in [-0.15, -0.1) is 0 Å². The van der Waals surface area contributed by atoms with Gasteiger partial charge in [-0.2, -0.15) is 14.4 Å². The van der Waals surface area contributed by atoms with Gasteiger partial charge >= 0.3 is 35.6 Å². The summed E-state index contributed by atoms with van der Waals surface area (Å²) in [5, 5.41) is 6.85. The number of carbonyl (C=O) groups excluding carboxylic acids is 3. The maximum atomic E-state index is 12.3. The minimum Gasteiger partial charge on any atom is -0.724 e. The Hall–Kier alpha value is -1.51. The first kappa shape index (κ1) is 21.8. The van der Waals surface area contributed by atoms with E-state index in [4.69, 9.17) is 0 Å². The molecule has 14 heteroatoms. The first-order chi connectivity index (χ1) is 12.2. The summed E-state index contributed by atoms with van der Waals surface area (Å²) in [4.78, 5) is 37.5. The van der Waals surface area contributed by atoms with Crippen molar-refractivity contribution in [3.05, 3.63) is 18.5 Å². The summed E-state index contributed by atoms with van der Waals surface area (Å²) in [5.74, 6) is -0.802. The molecule has 2 bridgehead atoms. The van der Waals surface area contributed by atoms with Gasteiger partial charge < -0.3 is 14.8 Å². The third kappa shape index (κ3) is 5.27. The summed E-state index contributed by atoms with van der Waals surface area (Å²) >= 11 is 0. The van der Waals surface area contributed by atoms with Gasteiger partial charge in [0.25, 0.3) is 0 Å². The molecule has 2 aliphatic heterocycles. The van der Waals surface area contributed by atoms with Crippen LogP contribution in [0, 0.1) is 0 Å². The molecule has 1 aromatic heterocycles. The predicted octanol–water partition coefficient (Wildman–Crippen LogP) is -4.77. The van der Waals surface area contributed by atoms with Crippen molar-refractivity contribution in [3.8, 4) is 0 Å². The summed E-state index contributed by atoms with van der Waals surface area (Å²) in [6.07, 6.45) is 3.69. The second-order valence-corrected chi connectivity index (χ2v) is 6.92. The van der Waals surface area contributed by atoms with Crippen LogP contribution in [0.2, 0.25) is 0 Å². The van der Waals surface area contributed by atoms with E-state index in [1.165, 1.54) is 10.9 Å². The van der Waals surface area contributed by atoms with Gasteiger partial charge in [0.2, 0.25) is 16.3 Å². The number of nitrogens with zero attached hydrogens (tertiary/aromatic N) is 4. The van der Waals surface area contributed by atoms with E-state index < -0.39 is 34.4 Å². The number of hydrogen-bond acceptors (Lipinski definition) is 8. The van der Waals surface area contributed by atoms with Gasteiger partial charge in [0.15, 0.2) is 5.78 Å². The molecule has 12 nitrogen and oxygen atoms in total. The fourth-order valence-corrected chi connectivity index (χ4v) is 3.42. The minimum atomic E-state index is -5.09. The average molecular weight is 409 g/mol. The van der Waals surface area contributed by atoms with E-state index in [0.717, 1.165) is 4.90 Å². The second-order valence-electron chi connectivity index (χ2n) is 5.95. The summed E-state index contributed by atoms with van der Waals surface area (Å²) in [5.41, 5.74) is 0. The van der Waals surface area contributed by atoms with Crippen molar-refractivity contribution >= 4 is 28.1 Å². The molecule has 2 fully saturated rings. The first-order valence-corrected chi connectivity index (χ1v) is 9.10. The van der Waals surface area contributed by atoms with Crippen molar-refractivity contribution in [1.82, 2.24) is 25.1 Å². The Morgan fingerprint density at radius 3 is 2.74 bits per heavy atom. The van der Waals surface area contributed by atoms with Gasteiger partial charge in [0.1, 0.15) is 12.6 Å². The molecular formula is C13H16N5NaO7S. The predicted molar refractivity (Wildman–Crippen MR) is 81.8 cm³/mol. The van der Waals surface area contributed by atoms with Gasteiger partial charge in [0, 0.05) is 18.9 Å². The molecule has 0 aliphatic carbocycles. The van der Waals surface area contributed by atoms with Crippen LogP contribution in [0.4, 0.5) is 4.79 Å². The van der Waals surface area contributed by atoms with Gasteiger partial charge in [-0.3, -0.25) is 14.3 Å². The number of rotatable bonds is 7. The Balaban J connectivity index is 0.00000261. The normalized spacial score (nSPS) is 21.7.